The van der Waals surface area contributed by atoms with Crippen LogP contribution in [0.5, 0.6) is 5.75 Å². The first-order chi connectivity index (χ1) is 15.7. The molecule has 33 heavy (non-hydrogen) atoms. The Kier molecular flexibility index (Phi) is 9.43. The number of ether oxygens (including phenoxy) is 1. The summed E-state index contributed by atoms with van der Waals surface area (Å²) in [5.41, 5.74) is 0.273. The predicted octanol–water partition coefficient (Wildman–Crippen LogP) is 6.74. The summed E-state index contributed by atoms with van der Waals surface area (Å²) in [5.74, 6) is -0.991. The lowest BCUT2D eigenvalue weighted by atomic mass is 10.1. The van der Waals surface area contributed by atoms with Crippen molar-refractivity contribution in [3.8, 4) is 5.75 Å². The fourth-order valence-electron chi connectivity index (χ4n) is 3.26. The highest BCUT2D eigenvalue weighted by atomic mass is 79.9. The molecule has 1 N–H and O–H groups in total. The molecule has 0 amide bonds. The second-order valence-corrected chi connectivity index (χ2v) is 8.09. The third-order valence-corrected chi connectivity index (χ3v) is 4.93. The number of fused-ring (bicyclic) bond motifs is 1. The Hall–Kier alpha value is -2.91. The minimum absolute atomic E-state index is 0.0380. The highest BCUT2D eigenvalue weighted by molar-refractivity contribution is 9.10. The number of anilines is 2. The summed E-state index contributed by atoms with van der Waals surface area (Å²) in [6.07, 6.45) is 2.42. The summed E-state index contributed by atoms with van der Waals surface area (Å²) in [5, 5.41) is 3.27. The van der Waals surface area contributed by atoms with Gasteiger partial charge in [0.05, 0.1) is 16.6 Å². The first-order valence-corrected chi connectivity index (χ1v) is 11.2. The maximum absolute atomic E-state index is 15.0. The van der Waals surface area contributed by atoms with Crippen molar-refractivity contribution in [3.63, 3.8) is 0 Å². The number of likely N-dealkylation sites (N-methyl/N-ethyl adjacent to an activating group) is 1. The van der Waals surface area contributed by atoms with Crippen LogP contribution in [0, 0.1) is 11.6 Å². The highest BCUT2D eigenvalue weighted by Gasteiger charge is 2.20. The zero-order chi connectivity index (χ0) is 24.7. The molecule has 0 radical (unpaired) electrons. The molecule has 6 nitrogen and oxygen atoms in total. The lowest BCUT2D eigenvalue weighted by Crippen LogP contribution is -2.28. The Morgan fingerprint density at radius 3 is 2.55 bits per heavy atom. The quantitative estimate of drug-likeness (QED) is 0.333. The molecule has 3 rings (SSSR count). The number of rotatable bonds is 8. The number of nitrogens with zero attached hydrogens (tertiary/aromatic N) is 4. The molecule has 0 saturated heterocycles. The van der Waals surface area contributed by atoms with E-state index in [1.807, 2.05) is 39.8 Å². The Morgan fingerprint density at radius 1 is 1.24 bits per heavy atom. The first kappa shape index (κ1) is 26.3. The lowest BCUT2D eigenvalue weighted by Gasteiger charge is -2.21. The number of nitrogens with one attached hydrogen (secondary N) is 1. The van der Waals surface area contributed by atoms with Gasteiger partial charge in [-0.25, -0.2) is 18.7 Å². The molecule has 0 aliphatic rings. The first-order valence-electron chi connectivity index (χ1n) is 10.4. The second-order valence-electron chi connectivity index (χ2n) is 7.18. The molecule has 1 atom stereocenters. The molecule has 0 fully saturated rings. The molecule has 9 heteroatoms. The summed E-state index contributed by atoms with van der Waals surface area (Å²) in [6, 6.07) is 4.64. The number of halogens is 3. The van der Waals surface area contributed by atoms with E-state index in [4.69, 9.17) is 4.74 Å². The van der Waals surface area contributed by atoms with Crippen LogP contribution in [0.15, 0.2) is 40.6 Å². The van der Waals surface area contributed by atoms with Gasteiger partial charge in [-0.05, 0) is 39.9 Å². The van der Waals surface area contributed by atoms with Crippen molar-refractivity contribution >= 4 is 56.8 Å². The molecule has 0 spiro atoms. The monoisotopic (exact) mass is 519 g/mol. The van der Waals surface area contributed by atoms with E-state index in [0.717, 1.165) is 10.5 Å². The van der Waals surface area contributed by atoms with Crippen molar-refractivity contribution in [1.29, 1.82) is 0 Å². The van der Waals surface area contributed by atoms with Crippen molar-refractivity contribution in [2.75, 3.05) is 26.0 Å². The largest absolute Gasteiger partial charge is 0.488 e. The summed E-state index contributed by atoms with van der Waals surface area (Å²) in [7, 11) is 3.89. The van der Waals surface area contributed by atoms with E-state index in [9.17, 15) is 4.39 Å². The minimum Gasteiger partial charge on any atom is -0.488 e. The number of hydrogen-bond donors (Lipinski definition) is 1. The van der Waals surface area contributed by atoms with E-state index < -0.39 is 11.6 Å². The van der Waals surface area contributed by atoms with Crippen molar-refractivity contribution in [2.45, 2.75) is 26.9 Å². The Bertz CT molecular complexity index is 1150. The molecule has 176 valence electrons. The minimum atomic E-state index is -0.843. The number of aliphatic imine (C=N–C) groups is 1. The maximum Gasteiger partial charge on any atom is 0.159 e. The summed E-state index contributed by atoms with van der Waals surface area (Å²) in [4.78, 5) is 14.2. The van der Waals surface area contributed by atoms with Crippen LogP contribution in [-0.2, 0) is 0 Å². The summed E-state index contributed by atoms with van der Waals surface area (Å²) in [6.45, 7) is 13.5. The van der Waals surface area contributed by atoms with Crippen LogP contribution >= 0.6 is 15.9 Å². The average molecular weight is 520 g/mol. The van der Waals surface area contributed by atoms with Crippen LogP contribution < -0.4 is 10.1 Å². The maximum atomic E-state index is 15.0. The van der Waals surface area contributed by atoms with Crippen molar-refractivity contribution in [3.05, 3.63) is 52.8 Å². The molecule has 0 saturated carbocycles. The van der Waals surface area contributed by atoms with Crippen LogP contribution in [0.3, 0.4) is 0 Å². The summed E-state index contributed by atoms with van der Waals surface area (Å²) >= 11 is 3.45. The van der Waals surface area contributed by atoms with Gasteiger partial charge in [0.1, 0.15) is 29.7 Å². The lowest BCUT2D eigenvalue weighted by molar-refractivity contribution is 0.179. The van der Waals surface area contributed by atoms with Gasteiger partial charge in [-0.2, -0.15) is 0 Å². The van der Waals surface area contributed by atoms with Crippen molar-refractivity contribution in [2.24, 2.45) is 4.99 Å². The molecule has 1 aromatic heterocycles. The molecule has 0 aliphatic heterocycles. The molecule has 0 aliphatic carbocycles. The number of hydrogen-bond acceptors (Lipinski definition) is 6. The van der Waals surface area contributed by atoms with Crippen molar-refractivity contribution < 1.29 is 13.5 Å². The SMILES string of the molecule is C=Cc1c(N=C)cc(F)c(Nc2ncnc3cc(Br)cc(OC(C)CN(C)C)c23)c1F.CC. The van der Waals surface area contributed by atoms with Gasteiger partial charge in [0.2, 0.25) is 0 Å². The topological polar surface area (TPSA) is 62.6 Å². The number of aromatic nitrogens is 2. The van der Waals surface area contributed by atoms with E-state index in [0.29, 0.717) is 23.2 Å². The molecule has 1 heterocycles. The zero-order valence-electron chi connectivity index (χ0n) is 19.4. The molecule has 1 unspecified atom stereocenters. The van der Waals surface area contributed by atoms with Gasteiger partial charge in [-0.1, -0.05) is 42.4 Å². The third-order valence-electron chi connectivity index (χ3n) is 4.47. The second kappa shape index (κ2) is 11.8. The van der Waals surface area contributed by atoms with Gasteiger partial charge in [0.25, 0.3) is 0 Å². The smallest absolute Gasteiger partial charge is 0.159 e. The van der Waals surface area contributed by atoms with Crippen LogP contribution in [-0.4, -0.2) is 48.3 Å². The van der Waals surface area contributed by atoms with Crippen LogP contribution in [0.1, 0.15) is 26.3 Å². The Labute approximate surface area is 201 Å². The van der Waals surface area contributed by atoms with Crippen LogP contribution in [0.25, 0.3) is 17.0 Å². The summed E-state index contributed by atoms with van der Waals surface area (Å²) < 4.78 is 36.6. The Balaban J connectivity index is 0.00000187. The van der Waals surface area contributed by atoms with Crippen molar-refractivity contribution in [1.82, 2.24) is 14.9 Å². The van der Waals surface area contributed by atoms with Gasteiger partial charge in [-0.3, -0.25) is 4.99 Å². The van der Waals surface area contributed by atoms with Gasteiger partial charge in [0.15, 0.2) is 11.6 Å². The molecule has 3 aromatic rings. The predicted molar refractivity (Wildman–Crippen MR) is 136 cm³/mol. The Morgan fingerprint density at radius 2 is 1.94 bits per heavy atom. The fraction of sp³-hybridized carbons (Fsp3) is 0.292. The highest BCUT2D eigenvalue weighted by Crippen LogP contribution is 2.38. The molecule has 2 aromatic carbocycles. The number of benzene rings is 2. The van der Waals surface area contributed by atoms with Gasteiger partial charge < -0.3 is 15.0 Å². The zero-order valence-corrected chi connectivity index (χ0v) is 21.0. The standard InChI is InChI=1S/C22H22BrF2N5O.C2H6/c1-6-14-16(26-3)9-15(24)21(20(14)25)29-22-19-17(27-11-28-22)7-13(23)8-18(19)31-12(2)10-30(4)5;1-2/h6-9,11-12H,1,3,10H2,2,4-5H3,(H,27,28,29);1-2H3. The molecule has 0 bridgehead atoms. The van der Waals surface area contributed by atoms with E-state index >= 15 is 4.39 Å². The average Bonchev–Trinajstić information content (AvgIpc) is 2.76. The van der Waals surface area contributed by atoms with Gasteiger partial charge in [-0.15, -0.1) is 0 Å². The molecular formula is C24H28BrF2N5O. The van der Waals surface area contributed by atoms with E-state index in [-0.39, 0.29) is 28.9 Å². The van der Waals surface area contributed by atoms with Crippen LogP contribution in [0.4, 0.5) is 26.0 Å². The van der Waals surface area contributed by atoms with Crippen LogP contribution in [0.2, 0.25) is 0 Å². The van der Waals surface area contributed by atoms with Gasteiger partial charge >= 0.3 is 0 Å². The fourth-order valence-corrected chi connectivity index (χ4v) is 3.68. The van der Waals surface area contributed by atoms with Gasteiger partial charge in [0, 0.05) is 22.6 Å². The normalized spacial score (nSPS) is 11.5. The van der Waals surface area contributed by atoms with E-state index in [1.165, 1.54) is 12.4 Å². The molecular weight excluding hydrogens is 492 g/mol. The van der Waals surface area contributed by atoms with E-state index in [1.54, 1.807) is 12.1 Å². The third kappa shape index (κ3) is 6.11. The van der Waals surface area contributed by atoms with E-state index in [2.05, 4.69) is 49.5 Å².